The first-order chi connectivity index (χ1) is 17.0. The van der Waals surface area contributed by atoms with E-state index in [0.29, 0.717) is 39.8 Å². The third kappa shape index (κ3) is 5.55. The van der Waals surface area contributed by atoms with E-state index in [1.54, 1.807) is 47.3 Å². The van der Waals surface area contributed by atoms with Gasteiger partial charge < -0.3 is 15.8 Å². The second kappa shape index (κ2) is 10.1. The number of amides is 2. The number of ether oxygens (including phenoxy) is 1. The molecule has 0 atom stereocenters. The molecule has 2 aromatic carbocycles. The fourth-order valence-electron chi connectivity index (χ4n) is 4.20. The summed E-state index contributed by atoms with van der Waals surface area (Å²) in [4.78, 5) is 16.8. The lowest BCUT2D eigenvalue weighted by Gasteiger charge is -2.11. The average molecular weight is 489 g/mol. The molecule has 0 saturated heterocycles. The number of halogens is 1. The number of anilines is 3. The summed E-state index contributed by atoms with van der Waals surface area (Å²) in [5.41, 5.74) is 8.13. The fourth-order valence-corrected chi connectivity index (χ4v) is 4.33. The van der Waals surface area contributed by atoms with E-state index in [9.17, 15) is 4.79 Å². The molecule has 2 heterocycles. The first-order valence-corrected chi connectivity index (χ1v) is 11.8. The molecule has 0 unspecified atom stereocenters. The SMILES string of the molecule is Nc1cc(Oc2ccc(NC(=O)Nc3cc(C4CCCC4)nn3-c3ccc(Cl)cc3)cc2)ccn1. The van der Waals surface area contributed by atoms with E-state index in [0.717, 1.165) is 24.2 Å². The smallest absolute Gasteiger partial charge is 0.324 e. The van der Waals surface area contributed by atoms with E-state index in [1.165, 1.54) is 12.8 Å². The summed E-state index contributed by atoms with van der Waals surface area (Å²) in [6, 6.07) is 19.4. The largest absolute Gasteiger partial charge is 0.457 e. The summed E-state index contributed by atoms with van der Waals surface area (Å²) in [6.07, 6.45) is 6.22. The highest BCUT2D eigenvalue weighted by atomic mass is 35.5. The van der Waals surface area contributed by atoms with Crippen molar-refractivity contribution >= 4 is 35.0 Å². The molecule has 1 saturated carbocycles. The van der Waals surface area contributed by atoms with Crippen LogP contribution in [0.2, 0.25) is 5.02 Å². The third-order valence-electron chi connectivity index (χ3n) is 5.91. The topological polar surface area (TPSA) is 107 Å². The second-order valence-electron chi connectivity index (χ2n) is 8.45. The summed E-state index contributed by atoms with van der Waals surface area (Å²) < 4.78 is 7.52. The van der Waals surface area contributed by atoms with Gasteiger partial charge in [-0.1, -0.05) is 24.4 Å². The fraction of sp³-hybridized carbons (Fsp3) is 0.192. The molecule has 35 heavy (non-hydrogen) atoms. The van der Waals surface area contributed by atoms with Crippen LogP contribution < -0.4 is 21.1 Å². The maximum absolute atomic E-state index is 12.8. The molecule has 0 aliphatic heterocycles. The molecule has 8 nitrogen and oxygen atoms in total. The first-order valence-electron chi connectivity index (χ1n) is 11.5. The molecule has 1 fully saturated rings. The Hall–Kier alpha value is -4.04. The number of carbonyl (C=O) groups excluding carboxylic acids is 1. The normalized spacial score (nSPS) is 13.5. The Bertz CT molecular complexity index is 1310. The van der Waals surface area contributed by atoms with Gasteiger partial charge in [-0.3, -0.25) is 5.32 Å². The van der Waals surface area contributed by atoms with Crippen LogP contribution >= 0.6 is 11.6 Å². The number of benzene rings is 2. The molecule has 0 bridgehead atoms. The van der Waals surface area contributed by atoms with Crippen LogP contribution in [0.3, 0.4) is 0 Å². The number of nitrogens with two attached hydrogens (primary N) is 1. The number of nitrogens with zero attached hydrogens (tertiary/aromatic N) is 3. The van der Waals surface area contributed by atoms with Crippen LogP contribution in [0.15, 0.2) is 72.9 Å². The van der Waals surface area contributed by atoms with E-state index < -0.39 is 0 Å². The number of aromatic nitrogens is 3. The molecule has 1 aliphatic rings. The molecule has 2 amide bonds. The van der Waals surface area contributed by atoms with Crippen LogP contribution in [-0.4, -0.2) is 20.8 Å². The van der Waals surface area contributed by atoms with Crippen molar-refractivity contribution in [1.29, 1.82) is 0 Å². The zero-order valence-electron chi connectivity index (χ0n) is 18.9. The van der Waals surface area contributed by atoms with Gasteiger partial charge in [-0.05, 0) is 67.4 Å². The number of nitrogens with one attached hydrogen (secondary N) is 2. The van der Waals surface area contributed by atoms with Gasteiger partial charge in [0.15, 0.2) is 0 Å². The Morgan fingerprint density at radius 1 is 0.971 bits per heavy atom. The maximum Gasteiger partial charge on any atom is 0.324 e. The molecule has 9 heteroatoms. The van der Waals surface area contributed by atoms with Gasteiger partial charge in [0, 0.05) is 35.0 Å². The Kier molecular flexibility index (Phi) is 6.54. The van der Waals surface area contributed by atoms with Gasteiger partial charge in [-0.25, -0.2) is 14.5 Å². The van der Waals surface area contributed by atoms with Gasteiger partial charge in [0.25, 0.3) is 0 Å². The maximum atomic E-state index is 12.8. The summed E-state index contributed by atoms with van der Waals surface area (Å²) in [5.74, 6) is 2.59. The average Bonchev–Trinajstić information content (AvgIpc) is 3.51. The van der Waals surface area contributed by atoms with Crippen molar-refractivity contribution in [3.05, 3.63) is 83.6 Å². The predicted molar refractivity (Wildman–Crippen MR) is 138 cm³/mol. The molecular formula is C26H25ClN6O2. The molecule has 5 rings (SSSR count). The number of urea groups is 1. The highest BCUT2D eigenvalue weighted by Crippen LogP contribution is 2.35. The van der Waals surface area contributed by atoms with E-state index in [-0.39, 0.29) is 6.03 Å². The molecule has 1 aliphatic carbocycles. The molecular weight excluding hydrogens is 464 g/mol. The van der Waals surface area contributed by atoms with Gasteiger partial charge in [0.05, 0.1) is 11.4 Å². The minimum absolute atomic E-state index is 0.367. The minimum Gasteiger partial charge on any atom is -0.457 e. The number of carbonyl (C=O) groups is 1. The van der Waals surface area contributed by atoms with Crippen molar-refractivity contribution in [1.82, 2.24) is 14.8 Å². The zero-order valence-corrected chi connectivity index (χ0v) is 19.7. The van der Waals surface area contributed by atoms with Gasteiger partial charge in [-0.2, -0.15) is 5.10 Å². The third-order valence-corrected chi connectivity index (χ3v) is 6.17. The van der Waals surface area contributed by atoms with Crippen molar-refractivity contribution in [2.45, 2.75) is 31.6 Å². The number of hydrogen-bond acceptors (Lipinski definition) is 5. The molecule has 4 aromatic rings. The number of nitrogen functional groups attached to an aromatic ring is 1. The Balaban J connectivity index is 1.29. The number of pyridine rings is 1. The van der Waals surface area contributed by atoms with Gasteiger partial charge in [0.2, 0.25) is 0 Å². The Labute approximate surface area is 208 Å². The highest BCUT2D eigenvalue weighted by Gasteiger charge is 2.22. The molecule has 2 aromatic heterocycles. The highest BCUT2D eigenvalue weighted by molar-refractivity contribution is 6.30. The summed E-state index contributed by atoms with van der Waals surface area (Å²) in [5, 5.41) is 11.3. The van der Waals surface area contributed by atoms with Crippen molar-refractivity contribution in [2.24, 2.45) is 0 Å². The molecule has 178 valence electrons. The molecule has 0 spiro atoms. The van der Waals surface area contributed by atoms with E-state index in [1.807, 2.05) is 30.3 Å². The van der Waals surface area contributed by atoms with Crippen molar-refractivity contribution in [3.63, 3.8) is 0 Å². The minimum atomic E-state index is -0.367. The number of rotatable bonds is 6. The van der Waals surface area contributed by atoms with E-state index in [2.05, 4.69) is 15.6 Å². The number of hydrogen-bond donors (Lipinski definition) is 3. The van der Waals surface area contributed by atoms with Crippen molar-refractivity contribution in [3.8, 4) is 17.2 Å². The van der Waals surface area contributed by atoms with Crippen molar-refractivity contribution in [2.75, 3.05) is 16.4 Å². The van der Waals surface area contributed by atoms with Crippen molar-refractivity contribution < 1.29 is 9.53 Å². The van der Waals surface area contributed by atoms with Crippen LogP contribution in [0, 0.1) is 0 Å². The molecule has 0 radical (unpaired) electrons. The second-order valence-corrected chi connectivity index (χ2v) is 8.88. The van der Waals surface area contributed by atoms with Crippen LogP contribution in [-0.2, 0) is 0 Å². The van der Waals surface area contributed by atoms with E-state index >= 15 is 0 Å². The Morgan fingerprint density at radius 3 is 2.43 bits per heavy atom. The lowest BCUT2D eigenvalue weighted by molar-refractivity contribution is 0.262. The molecule has 4 N–H and O–H groups in total. The van der Waals surface area contributed by atoms with Gasteiger partial charge in [-0.15, -0.1) is 0 Å². The van der Waals surface area contributed by atoms with Gasteiger partial charge >= 0.3 is 6.03 Å². The first kappa shape index (κ1) is 22.7. The monoisotopic (exact) mass is 488 g/mol. The van der Waals surface area contributed by atoms with Crippen LogP contribution in [0.5, 0.6) is 11.5 Å². The standard InChI is InChI=1S/C26H25ClN6O2/c27-18-5-9-20(10-6-18)33-25(16-23(32-33)17-3-1-2-4-17)31-26(34)30-19-7-11-21(12-8-19)35-22-13-14-29-24(28)15-22/h5-17H,1-4H2,(H2,28,29)(H2,30,31,34). The van der Waals surface area contributed by atoms with E-state index in [4.69, 9.17) is 27.2 Å². The predicted octanol–water partition coefficient (Wildman–Crippen LogP) is 6.60. The lowest BCUT2D eigenvalue weighted by Crippen LogP contribution is -2.21. The lowest BCUT2D eigenvalue weighted by atomic mass is 10.0. The summed E-state index contributed by atoms with van der Waals surface area (Å²) in [6.45, 7) is 0. The van der Waals surface area contributed by atoms with Crippen LogP contribution in [0.4, 0.5) is 22.1 Å². The summed E-state index contributed by atoms with van der Waals surface area (Å²) in [7, 11) is 0. The van der Waals surface area contributed by atoms with Crippen LogP contribution in [0.1, 0.15) is 37.3 Å². The summed E-state index contributed by atoms with van der Waals surface area (Å²) >= 11 is 6.06. The zero-order chi connectivity index (χ0) is 24.2. The van der Waals surface area contributed by atoms with Crippen LogP contribution in [0.25, 0.3) is 5.69 Å². The quantitative estimate of drug-likeness (QED) is 0.283. The van der Waals surface area contributed by atoms with Gasteiger partial charge in [0.1, 0.15) is 23.1 Å². The Morgan fingerprint density at radius 2 is 1.71 bits per heavy atom.